The van der Waals surface area contributed by atoms with E-state index in [0.29, 0.717) is 50.6 Å². The third kappa shape index (κ3) is 3.20. The Bertz CT molecular complexity index is 1470. The second kappa shape index (κ2) is 7.69. The molecule has 1 aliphatic carbocycles. The number of nitrogens with two attached hydrogens (primary N) is 1. The first-order chi connectivity index (χ1) is 15.3. The topological polar surface area (TPSA) is 143 Å². The van der Waals surface area contributed by atoms with Gasteiger partial charge in [0.2, 0.25) is 0 Å². The van der Waals surface area contributed by atoms with Crippen LogP contribution < -0.4 is 5.73 Å². The molecule has 1 aliphatic rings. The van der Waals surface area contributed by atoms with Crippen molar-refractivity contribution in [2.75, 3.05) is 5.73 Å². The van der Waals surface area contributed by atoms with Crippen molar-refractivity contribution in [2.45, 2.75) is 13.8 Å². The van der Waals surface area contributed by atoms with Crippen LogP contribution in [0.15, 0.2) is 40.3 Å². The summed E-state index contributed by atoms with van der Waals surface area (Å²) in [6, 6.07) is 11.8. The van der Waals surface area contributed by atoms with E-state index in [9.17, 15) is 20.6 Å². The van der Waals surface area contributed by atoms with Crippen LogP contribution in [0.25, 0.3) is 28.5 Å². The molecule has 2 heterocycles. The number of hydrogen-bond acceptors (Lipinski definition) is 7. The number of aromatic nitrogens is 1. The van der Waals surface area contributed by atoms with Crippen molar-refractivity contribution in [1.82, 2.24) is 4.98 Å². The molecule has 8 nitrogen and oxygen atoms in total. The number of furan rings is 1. The van der Waals surface area contributed by atoms with Crippen molar-refractivity contribution >= 4 is 40.3 Å². The van der Waals surface area contributed by atoms with E-state index in [1.165, 1.54) is 18.2 Å². The van der Waals surface area contributed by atoms with Gasteiger partial charge in [-0.15, -0.1) is 0 Å². The second-order valence-electron chi connectivity index (χ2n) is 7.13. The minimum absolute atomic E-state index is 0.0821. The van der Waals surface area contributed by atoms with E-state index in [2.05, 4.69) is 17.1 Å². The number of hydrogen-bond donors (Lipinski definition) is 1. The minimum atomic E-state index is -0.522. The highest BCUT2D eigenvalue weighted by atomic mass is 35.5. The SMILES string of the molecule is CC1=C(C#N)c2nc(N)c(C#N)c(C)c2C1=Cc1ccc(-c2ccc([N+](=O)[O-])cc2Cl)o1. The van der Waals surface area contributed by atoms with E-state index in [1.807, 2.05) is 0 Å². The molecule has 0 saturated carbocycles. The van der Waals surface area contributed by atoms with E-state index in [-0.39, 0.29) is 22.1 Å². The Morgan fingerprint density at radius 3 is 2.59 bits per heavy atom. The first kappa shape index (κ1) is 20.9. The van der Waals surface area contributed by atoms with Crippen molar-refractivity contribution in [2.24, 2.45) is 0 Å². The van der Waals surface area contributed by atoms with Gasteiger partial charge in [-0.25, -0.2) is 4.98 Å². The monoisotopic (exact) mass is 443 g/mol. The summed E-state index contributed by atoms with van der Waals surface area (Å²) in [7, 11) is 0. The van der Waals surface area contributed by atoms with Crippen molar-refractivity contribution in [1.29, 1.82) is 10.5 Å². The molecule has 0 unspecified atom stereocenters. The molecular formula is C23H14ClN5O3. The highest BCUT2D eigenvalue weighted by Gasteiger charge is 2.30. The lowest BCUT2D eigenvalue weighted by atomic mass is 9.96. The zero-order valence-corrected chi connectivity index (χ0v) is 17.7. The molecule has 0 aliphatic heterocycles. The number of fused-ring (bicyclic) bond motifs is 1. The Balaban J connectivity index is 1.83. The van der Waals surface area contributed by atoms with Crippen LogP contribution in [-0.2, 0) is 0 Å². The molecule has 156 valence electrons. The van der Waals surface area contributed by atoms with Crippen molar-refractivity contribution in [3.05, 3.63) is 79.2 Å². The first-order valence-electron chi connectivity index (χ1n) is 9.35. The number of nitrogen functional groups attached to an aromatic ring is 1. The van der Waals surface area contributed by atoms with Crippen LogP contribution in [0.2, 0.25) is 5.02 Å². The molecule has 9 heteroatoms. The molecule has 0 atom stereocenters. The fraction of sp³-hybridized carbons (Fsp3) is 0.0870. The van der Waals surface area contributed by atoms with Gasteiger partial charge in [-0.1, -0.05) is 11.6 Å². The Morgan fingerprint density at radius 2 is 1.97 bits per heavy atom. The Labute approximate surface area is 187 Å². The van der Waals surface area contributed by atoms with E-state index in [1.54, 1.807) is 32.1 Å². The molecule has 0 amide bonds. The van der Waals surface area contributed by atoms with Crippen LogP contribution in [0.4, 0.5) is 11.5 Å². The number of pyridine rings is 1. The third-order valence-corrected chi connectivity index (χ3v) is 5.64. The summed E-state index contributed by atoms with van der Waals surface area (Å²) in [6.07, 6.45) is 1.76. The van der Waals surface area contributed by atoms with Crippen LogP contribution >= 0.6 is 11.6 Å². The molecule has 0 radical (unpaired) electrons. The Morgan fingerprint density at radius 1 is 1.22 bits per heavy atom. The van der Waals surface area contributed by atoms with Crippen molar-refractivity contribution in [3.8, 4) is 23.5 Å². The molecule has 0 bridgehead atoms. The number of halogens is 1. The van der Waals surface area contributed by atoms with E-state index in [0.717, 1.165) is 0 Å². The molecular weight excluding hydrogens is 430 g/mol. The second-order valence-corrected chi connectivity index (χ2v) is 7.53. The highest BCUT2D eigenvalue weighted by Crippen LogP contribution is 2.44. The maximum atomic E-state index is 10.9. The van der Waals surface area contributed by atoms with E-state index < -0.39 is 4.92 Å². The lowest BCUT2D eigenvalue weighted by Gasteiger charge is -2.10. The predicted molar refractivity (Wildman–Crippen MR) is 120 cm³/mol. The normalized spacial score (nSPS) is 13.7. The van der Waals surface area contributed by atoms with Crippen molar-refractivity contribution in [3.63, 3.8) is 0 Å². The summed E-state index contributed by atoms with van der Waals surface area (Å²) in [6.45, 7) is 3.56. The number of nitrogens with zero attached hydrogens (tertiary/aromatic N) is 4. The van der Waals surface area contributed by atoms with Gasteiger partial charge >= 0.3 is 0 Å². The standard InChI is InChI=1S/C23H14ClN5O3/c1-11-16(21-12(2)18(10-26)23(27)28-22(21)17(11)9-25)8-14-4-6-20(32-14)15-5-3-13(29(30)31)7-19(15)24/h3-8H,1-2H3,(H2,27,28). The fourth-order valence-electron chi connectivity index (χ4n) is 3.73. The number of nitriles is 2. The number of nitro benzene ring substituents is 1. The molecule has 2 aromatic heterocycles. The number of allylic oxidation sites excluding steroid dienone is 3. The fourth-order valence-corrected chi connectivity index (χ4v) is 4.00. The van der Waals surface area contributed by atoms with Gasteiger partial charge in [-0.05, 0) is 54.8 Å². The van der Waals surface area contributed by atoms with Gasteiger partial charge in [-0.2, -0.15) is 10.5 Å². The zero-order valence-electron chi connectivity index (χ0n) is 16.9. The van der Waals surface area contributed by atoms with Gasteiger partial charge in [0, 0.05) is 23.3 Å². The molecule has 4 rings (SSSR count). The Kier molecular flexibility index (Phi) is 5.01. The summed E-state index contributed by atoms with van der Waals surface area (Å²) >= 11 is 6.21. The number of benzene rings is 1. The summed E-state index contributed by atoms with van der Waals surface area (Å²) in [5, 5.41) is 30.2. The van der Waals surface area contributed by atoms with Crippen LogP contribution in [0, 0.1) is 39.7 Å². The van der Waals surface area contributed by atoms with Crippen LogP contribution in [-0.4, -0.2) is 9.91 Å². The number of non-ortho nitro benzene ring substituents is 1. The number of rotatable bonds is 3. The summed E-state index contributed by atoms with van der Waals surface area (Å²) in [5.41, 5.74) is 10.1. The van der Waals surface area contributed by atoms with E-state index in [4.69, 9.17) is 21.8 Å². The predicted octanol–water partition coefficient (Wildman–Crippen LogP) is 5.52. The van der Waals surface area contributed by atoms with Gasteiger partial charge in [0.15, 0.2) is 0 Å². The van der Waals surface area contributed by atoms with Gasteiger partial charge in [0.1, 0.15) is 29.5 Å². The van der Waals surface area contributed by atoms with Gasteiger partial charge < -0.3 is 10.2 Å². The maximum absolute atomic E-state index is 10.9. The van der Waals surface area contributed by atoms with Gasteiger partial charge in [0.25, 0.3) is 5.69 Å². The molecule has 1 aromatic carbocycles. The quantitative estimate of drug-likeness (QED) is 0.414. The summed E-state index contributed by atoms with van der Waals surface area (Å²) < 4.78 is 5.92. The lowest BCUT2D eigenvalue weighted by molar-refractivity contribution is -0.384. The number of nitro groups is 1. The van der Waals surface area contributed by atoms with E-state index >= 15 is 0 Å². The van der Waals surface area contributed by atoms with Crippen LogP contribution in [0.3, 0.4) is 0 Å². The van der Waals surface area contributed by atoms with Crippen LogP contribution in [0.1, 0.15) is 35.1 Å². The highest BCUT2D eigenvalue weighted by molar-refractivity contribution is 6.33. The molecule has 32 heavy (non-hydrogen) atoms. The molecule has 2 N–H and O–H groups in total. The first-order valence-corrected chi connectivity index (χ1v) is 9.72. The average Bonchev–Trinajstić information content (AvgIpc) is 3.31. The minimum Gasteiger partial charge on any atom is -0.457 e. The lowest BCUT2D eigenvalue weighted by Crippen LogP contribution is -2.03. The summed E-state index contributed by atoms with van der Waals surface area (Å²) in [5.74, 6) is 0.990. The van der Waals surface area contributed by atoms with Gasteiger partial charge in [0.05, 0.1) is 26.8 Å². The maximum Gasteiger partial charge on any atom is 0.270 e. The Hall–Kier alpha value is -4.40. The zero-order chi connectivity index (χ0) is 23.2. The third-order valence-electron chi connectivity index (χ3n) is 5.33. The van der Waals surface area contributed by atoms with Crippen LogP contribution in [0.5, 0.6) is 0 Å². The molecule has 0 saturated heterocycles. The smallest absolute Gasteiger partial charge is 0.270 e. The molecule has 3 aromatic rings. The summed E-state index contributed by atoms with van der Waals surface area (Å²) in [4.78, 5) is 14.7. The number of anilines is 1. The largest absolute Gasteiger partial charge is 0.457 e. The molecule has 0 spiro atoms. The van der Waals surface area contributed by atoms with Crippen molar-refractivity contribution < 1.29 is 9.34 Å². The van der Waals surface area contributed by atoms with Gasteiger partial charge in [-0.3, -0.25) is 10.1 Å². The molecule has 0 fully saturated rings. The average molecular weight is 444 g/mol.